The standard InChI is InChI=1S/C19H26N4O4S/c1-14(18(25)20-7-8-23-17(24)13-28-19(23)26)21-9-11-22(12-10-21)15-3-5-16(27-2)6-4-15/h3-6,14H,7-13H2,1-2H3,(H,20,25)/p+1/t14-/m1/s1. The number of ether oxygens (including phenoxy) is 1. The van der Waals surface area contributed by atoms with Crippen molar-refractivity contribution in [3.05, 3.63) is 24.3 Å². The van der Waals surface area contributed by atoms with Crippen molar-refractivity contribution in [2.75, 3.05) is 57.0 Å². The van der Waals surface area contributed by atoms with Crippen LogP contribution in [0.3, 0.4) is 0 Å². The first-order valence-electron chi connectivity index (χ1n) is 9.48. The molecular weight excluding hydrogens is 380 g/mol. The number of hydrogen-bond acceptors (Lipinski definition) is 6. The molecule has 1 atom stereocenters. The summed E-state index contributed by atoms with van der Waals surface area (Å²) in [5.74, 6) is 0.817. The van der Waals surface area contributed by atoms with Crippen molar-refractivity contribution in [3.8, 4) is 5.75 Å². The number of benzene rings is 1. The Balaban J connectivity index is 1.42. The van der Waals surface area contributed by atoms with E-state index in [0.717, 1.165) is 49.4 Å². The van der Waals surface area contributed by atoms with Crippen LogP contribution in [0.2, 0.25) is 0 Å². The third kappa shape index (κ3) is 4.77. The molecule has 0 bridgehead atoms. The number of thioether (sulfide) groups is 1. The van der Waals surface area contributed by atoms with Crippen LogP contribution in [0.25, 0.3) is 0 Å². The Morgan fingerprint density at radius 1 is 1.25 bits per heavy atom. The molecule has 8 nitrogen and oxygen atoms in total. The third-order valence-corrected chi connectivity index (χ3v) is 6.18. The van der Waals surface area contributed by atoms with Crippen LogP contribution in [0.15, 0.2) is 24.3 Å². The molecule has 152 valence electrons. The molecule has 28 heavy (non-hydrogen) atoms. The largest absolute Gasteiger partial charge is 0.497 e. The Hall–Kier alpha value is -2.26. The van der Waals surface area contributed by atoms with Crippen LogP contribution in [0.1, 0.15) is 6.92 Å². The Morgan fingerprint density at radius 2 is 1.93 bits per heavy atom. The highest BCUT2D eigenvalue weighted by Crippen LogP contribution is 2.19. The summed E-state index contributed by atoms with van der Waals surface area (Å²) in [6.45, 7) is 5.98. The van der Waals surface area contributed by atoms with Gasteiger partial charge >= 0.3 is 0 Å². The topological polar surface area (TPSA) is 83.4 Å². The monoisotopic (exact) mass is 407 g/mol. The van der Waals surface area contributed by atoms with Gasteiger partial charge in [-0.15, -0.1) is 0 Å². The third-order valence-electron chi connectivity index (χ3n) is 5.32. The predicted octanol–water partition coefficient (Wildman–Crippen LogP) is -0.400. The SMILES string of the molecule is COc1ccc(N2CC[NH+]([C@H](C)C(=O)NCCN3C(=O)CSC3=O)CC2)cc1. The zero-order chi connectivity index (χ0) is 20.1. The van der Waals surface area contributed by atoms with Crippen LogP contribution in [-0.4, -0.2) is 80.1 Å². The molecule has 3 rings (SSSR count). The average molecular weight is 408 g/mol. The maximum absolute atomic E-state index is 12.4. The van der Waals surface area contributed by atoms with Crippen molar-refractivity contribution >= 4 is 34.5 Å². The highest BCUT2D eigenvalue weighted by atomic mass is 32.2. The van der Waals surface area contributed by atoms with Crippen molar-refractivity contribution in [2.24, 2.45) is 0 Å². The van der Waals surface area contributed by atoms with Crippen LogP contribution in [-0.2, 0) is 9.59 Å². The first-order chi connectivity index (χ1) is 13.5. The second-order valence-corrected chi connectivity index (χ2v) is 7.88. The molecule has 9 heteroatoms. The summed E-state index contributed by atoms with van der Waals surface area (Å²) in [5.41, 5.74) is 1.16. The number of quaternary nitrogens is 1. The summed E-state index contributed by atoms with van der Waals surface area (Å²) >= 11 is 1.01. The van der Waals surface area contributed by atoms with Gasteiger partial charge in [-0.2, -0.15) is 0 Å². The number of amides is 3. The van der Waals surface area contributed by atoms with Gasteiger partial charge < -0.3 is 19.9 Å². The van der Waals surface area contributed by atoms with E-state index in [1.54, 1.807) is 7.11 Å². The number of methoxy groups -OCH3 is 1. The summed E-state index contributed by atoms with van der Waals surface area (Å²) in [4.78, 5) is 40.4. The van der Waals surface area contributed by atoms with Crippen molar-refractivity contribution in [2.45, 2.75) is 13.0 Å². The molecule has 1 aromatic rings. The lowest BCUT2D eigenvalue weighted by molar-refractivity contribution is -0.914. The zero-order valence-corrected chi connectivity index (χ0v) is 17.1. The number of rotatable bonds is 7. The van der Waals surface area contributed by atoms with E-state index in [9.17, 15) is 14.4 Å². The number of nitrogens with one attached hydrogen (secondary N) is 2. The van der Waals surface area contributed by atoms with Gasteiger partial charge in [0.25, 0.3) is 11.1 Å². The fourth-order valence-corrected chi connectivity index (χ4v) is 4.26. The van der Waals surface area contributed by atoms with Gasteiger partial charge in [-0.05, 0) is 31.2 Å². The number of anilines is 1. The number of hydrogen-bond donors (Lipinski definition) is 2. The molecule has 2 aliphatic heterocycles. The highest BCUT2D eigenvalue weighted by Gasteiger charge is 2.31. The van der Waals surface area contributed by atoms with Crippen LogP contribution in [0.5, 0.6) is 5.75 Å². The van der Waals surface area contributed by atoms with E-state index < -0.39 is 0 Å². The first kappa shape index (κ1) is 20.5. The van der Waals surface area contributed by atoms with E-state index in [4.69, 9.17) is 4.74 Å². The molecule has 0 spiro atoms. The van der Waals surface area contributed by atoms with E-state index in [2.05, 4.69) is 22.3 Å². The van der Waals surface area contributed by atoms with Crippen LogP contribution in [0.4, 0.5) is 10.5 Å². The highest BCUT2D eigenvalue weighted by molar-refractivity contribution is 8.14. The lowest BCUT2D eigenvalue weighted by Gasteiger charge is -2.36. The molecule has 0 unspecified atom stereocenters. The maximum Gasteiger partial charge on any atom is 0.288 e. The van der Waals surface area contributed by atoms with E-state index in [1.165, 1.54) is 9.80 Å². The van der Waals surface area contributed by atoms with Crippen molar-refractivity contribution in [1.82, 2.24) is 10.2 Å². The molecule has 2 N–H and O–H groups in total. The lowest BCUT2D eigenvalue weighted by atomic mass is 10.2. The normalized spacial score (nSPS) is 19.1. The van der Waals surface area contributed by atoms with E-state index in [0.29, 0.717) is 6.54 Å². The molecule has 2 aliphatic rings. The molecule has 0 aromatic heterocycles. The quantitative estimate of drug-likeness (QED) is 0.640. The van der Waals surface area contributed by atoms with E-state index >= 15 is 0 Å². The number of imide groups is 1. The molecule has 2 fully saturated rings. The molecule has 2 heterocycles. The summed E-state index contributed by atoms with van der Waals surface area (Å²) < 4.78 is 5.20. The van der Waals surface area contributed by atoms with Crippen LogP contribution >= 0.6 is 11.8 Å². The number of nitrogens with zero attached hydrogens (tertiary/aromatic N) is 2. The van der Waals surface area contributed by atoms with Gasteiger partial charge in [-0.3, -0.25) is 19.3 Å². The maximum atomic E-state index is 12.4. The molecule has 0 aliphatic carbocycles. The smallest absolute Gasteiger partial charge is 0.288 e. The minimum atomic E-state index is -0.229. The summed E-state index contributed by atoms with van der Waals surface area (Å²) in [7, 11) is 1.66. The van der Waals surface area contributed by atoms with Crippen LogP contribution < -0.4 is 19.9 Å². The Labute approximate surface area is 169 Å². The van der Waals surface area contributed by atoms with Gasteiger partial charge in [-0.25, -0.2) is 0 Å². The molecule has 3 amide bonds. The second-order valence-electron chi connectivity index (χ2n) is 6.96. The first-order valence-corrected chi connectivity index (χ1v) is 10.5. The van der Waals surface area contributed by atoms with E-state index in [1.807, 2.05) is 19.1 Å². The van der Waals surface area contributed by atoms with Crippen LogP contribution in [0, 0.1) is 0 Å². The Kier molecular flexibility index (Phi) is 6.79. The molecule has 1 aromatic carbocycles. The van der Waals surface area contributed by atoms with Crippen molar-refractivity contribution < 1.29 is 24.0 Å². The van der Waals surface area contributed by atoms with Gasteiger partial charge in [0.1, 0.15) is 5.75 Å². The minimum absolute atomic E-state index is 0.0420. The number of carbonyl (C=O) groups excluding carboxylic acids is 3. The average Bonchev–Trinajstić information content (AvgIpc) is 3.05. The predicted molar refractivity (Wildman–Crippen MR) is 108 cm³/mol. The Bertz CT molecular complexity index is 703. The molecule has 2 saturated heterocycles. The van der Waals surface area contributed by atoms with E-state index in [-0.39, 0.29) is 35.4 Å². The molecular formula is C19H27N4O4S+. The molecule has 0 saturated carbocycles. The minimum Gasteiger partial charge on any atom is -0.497 e. The van der Waals surface area contributed by atoms with Gasteiger partial charge in [0.2, 0.25) is 5.91 Å². The van der Waals surface area contributed by atoms with Gasteiger partial charge in [0.15, 0.2) is 6.04 Å². The summed E-state index contributed by atoms with van der Waals surface area (Å²) in [6.07, 6.45) is 0. The lowest BCUT2D eigenvalue weighted by Crippen LogP contribution is -3.19. The fraction of sp³-hybridized carbons (Fsp3) is 0.526. The summed E-state index contributed by atoms with van der Waals surface area (Å²) in [5, 5.41) is 2.63. The summed E-state index contributed by atoms with van der Waals surface area (Å²) in [6, 6.07) is 7.86. The van der Waals surface area contributed by atoms with Gasteiger partial charge in [0.05, 0.1) is 39.0 Å². The molecule has 0 radical (unpaired) electrons. The van der Waals surface area contributed by atoms with Gasteiger partial charge in [-0.1, -0.05) is 11.8 Å². The second kappa shape index (κ2) is 9.29. The van der Waals surface area contributed by atoms with Crippen molar-refractivity contribution in [1.29, 1.82) is 0 Å². The van der Waals surface area contributed by atoms with Gasteiger partial charge in [0, 0.05) is 18.8 Å². The fourth-order valence-electron chi connectivity index (χ4n) is 3.50. The zero-order valence-electron chi connectivity index (χ0n) is 16.3. The number of carbonyl (C=O) groups is 3. The number of piperazine rings is 1. The van der Waals surface area contributed by atoms with Crippen molar-refractivity contribution in [3.63, 3.8) is 0 Å². The Morgan fingerprint density at radius 3 is 2.50 bits per heavy atom.